The molecule has 0 fully saturated rings. The average molecular weight is 194 g/mol. The van der Waals surface area contributed by atoms with Gasteiger partial charge in [0.2, 0.25) is 0 Å². The van der Waals surface area contributed by atoms with E-state index in [9.17, 15) is 0 Å². The first kappa shape index (κ1) is 12.1. The zero-order valence-corrected chi connectivity index (χ0v) is 6.88. The van der Waals surface area contributed by atoms with Crippen LogP contribution < -0.4 is 11.3 Å². The molecule has 78 valence electrons. The van der Waals surface area contributed by atoms with Crippen molar-refractivity contribution in [3.8, 4) is 0 Å². The normalized spacial score (nSPS) is 17.8. The Morgan fingerprint density at radius 1 is 1.15 bits per heavy atom. The number of hydrazine groups is 1. The van der Waals surface area contributed by atoms with Gasteiger partial charge in [0.05, 0.1) is 6.61 Å². The maximum absolute atomic E-state index is 9.03. The summed E-state index contributed by atoms with van der Waals surface area (Å²) in [7, 11) is 0. The smallest absolute Gasteiger partial charge is 0.163 e. The van der Waals surface area contributed by atoms with E-state index < -0.39 is 30.3 Å². The summed E-state index contributed by atoms with van der Waals surface area (Å²) in [6.45, 7) is -0.938. The van der Waals surface area contributed by atoms with Gasteiger partial charge in [0, 0.05) is 6.54 Å². The lowest BCUT2D eigenvalue weighted by molar-refractivity contribution is 0.0657. The van der Waals surface area contributed by atoms with Crippen LogP contribution in [0.4, 0.5) is 0 Å². The lowest BCUT2D eigenvalue weighted by atomic mass is 10.2. The van der Waals surface area contributed by atoms with Crippen molar-refractivity contribution in [2.75, 3.05) is 13.2 Å². The minimum Gasteiger partial charge on any atom is -0.506 e. The highest BCUT2D eigenvalue weighted by Gasteiger charge is 2.19. The molecule has 2 atom stereocenters. The Labute approximate surface area is 74.7 Å². The molecule has 0 saturated heterocycles. The Kier molecular flexibility index (Phi) is 5.35. The molecule has 0 unspecified atom stereocenters. The maximum Gasteiger partial charge on any atom is 0.163 e. The second kappa shape index (κ2) is 5.73. The molecule has 0 spiro atoms. The molecule has 13 heavy (non-hydrogen) atoms. The minimum absolute atomic E-state index is 0.186. The highest BCUT2D eigenvalue weighted by molar-refractivity contribution is 5.08. The molecule has 0 aliphatic rings. The first-order valence-electron chi connectivity index (χ1n) is 3.57. The Hall–Kier alpha value is -0.860. The van der Waals surface area contributed by atoms with Crippen molar-refractivity contribution in [2.45, 2.75) is 12.2 Å². The summed E-state index contributed by atoms with van der Waals surface area (Å²) < 4.78 is 0. The lowest BCUT2D eigenvalue weighted by Gasteiger charge is -2.13. The van der Waals surface area contributed by atoms with Crippen molar-refractivity contribution in [2.24, 2.45) is 5.84 Å². The van der Waals surface area contributed by atoms with Gasteiger partial charge in [-0.05, 0) is 0 Å². The molecule has 0 heterocycles. The van der Waals surface area contributed by atoms with Crippen LogP contribution in [-0.2, 0) is 0 Å². The van der Waals surface area contributed by atoms with Gasteiger partial charge in [0.1, 0.15) is 12.2 Å². The third kappa shape index (κ3) is 3.57. The standard InChI is InChI=1S/C6H14N2O5/c7-8-1-3(10)5(12)6(13)4(11)2-9/h3-4,8-13H,1-2,7H2/b6-5+/t3-,4+/m0/s1. The largest absolute Gasteiger partial charge is 0.506 e. The van der Waals surface area contributed by atoms with E-state index in [-0.39, 0.29) is 6.54 Å². The van der Waals surface area contributed by atoms with E-state index in [0.717, 1.165) is 0 Å². The molecule has 7 nitrogen and oxygen atoms in total. The highest BCUT2D eigenvalue weighted by Crippen LogP contribution is 2.07. The van der Waals surface area contributed by atoms with Gasteiger partial charge in [0.15, 0.2) is 11.5 Å². The summed E-state index contributed by atoms with van der Waals surface area (Å²) in [5.41, 5.74) is 2.06. The van der Waals surface area contributed by atoms with Gasteiger partial charge in [-0.25, -0.2) is 0 Å². The van der Waals surface area contributed by atoms with Crippen LogP contribution in [0.5, 0.6) is 0 Å². The van der Waals surface area contributed by atoms with E-state index in [4.69, 9.17) is 31.4 Å². The molecule has 0 aromatic carbocycles. The Bertz CT molecular complexity index is 184. The number of hydrogen-bond donors (Lipinski definition) is 7. The van der Waals surface area contributed by atoms with Gasteiger partial charge in [-0.3, -0.25) is 11.3 Å². The number of aliphatic hydroxyl groups is 5. The molecule has 0 aliphatic carbocycles. The van der Waals surface area contributed by atoms with Gasteiger partial charge < -0.3 is 25.5 Å². The number of aliphatic hydroxyl groups excluding tert-OH is 5. The van der Waals surface area contributed by atoms with Gasteiger partial charge in [0.25, 0.3) is 0 Å². The fourth-order valence-corrected chi connectivity index (χ4v) is 0.636. The van der Waals surface area contributed by atoms with Crippen molar-refractivity contribution >= 4 is 0 Å². The summed E-state index contributed by atoms with van der Waals surface area (Å²) >= 11 is 0. The zero-order valence-electron chi connectivity index (χ0n) is 6.88. The second-order valence-electron chi connectivity index (χ2n) is 2.39. The van der Waals surface area contributed by atoms with E-state index in [2.05, 4.69) is 5.43 Å². The van der Waals surface area contributed by atoms with E-state index in [1.165, 1.54) is 0 Å². The fraction of sp³-hybridized carbons (Fsp3) is 0.667. The summed E-state index contributed by atoms with van der Waals surface area (Å²) in [5.74, 6) is 3.15. The molecule has 0 bridgehead atoms. The topological polar surface area (TPSA) is 139 Å². The molecule has 0 aliphatic heterocycles. The van der Waals surface area contributed by atoms with Crippen molar-refractivity contribution in [3.05, 3.63) is 11.5 Å². The van der Waals surface area contributed by atoms with Crippen LogP contribution in [0.1, 0.15) is 0 Å². The summed E-state index contributed by atoms with van der Waals surface area (Å²) in [4.78, 5) is 0. The average Bonchev–Trinajstić information content (AvgIpc) is 2.14. The molecule has 7 heteroatoms. The zero-order chi connectivity index (χ0) is 10.4. The minimum atomic E-state index is -1.60. The third-order valence-electron chi connectivity index (χ3n) is 1.38. The first-order chi connectivity index (χ1) is 6.04. The molecule has 0 aromatic heterocycles. The summed E-state index contributed by atoms with van der Waals surface area (Å²) in [6.07, 6.45) is -3.03. The molecule has 0 saturated carbocycles. The molecule has 8 N–H and O–H groups in total. The molecule has 0 rings (SSSR count). The third-order valence-corrected chi connectivity index (χ3v) is 1.38. The molecular formula is C6H14N2O5. The van der Waals surface area contributed by atoms with Crippen LogP contribution in [0, 0.1) is 0 Å². The van der Waals surface area contributed by atoms with E-state index >= 15 is 0 Å². The number of hydrogen-bond acceptors (Lipinski definition) is 7. The van der Waals surface area contributed by atoms with Gasteiger partial charge in [-0.2, -0.15) is 0 Å². The van der Waals surface area contributed by atoms with Crippen molar-refractivity contribution in [1.29, 1.82) is 0 Å². The second-order valence-corrected chi connectivity index (χ2v) is 2.39. The highest BCUT2D eigenvalue weighted by atomic mass is 16.4. The Morgan fingerprint density at radius 3 is 2.00 bits per heavy atom. The number of nitrogens with one attached hydrogen (secondary N) is 1. The van der Waals surface area contributed by atoms with Crippen LogP contribution in [0.3, 0.4) is 0 Å². The van der Waals surface area contributed by atoms with Crippen LogP contribution in [0.15, 0.2) is 11.5 Å². The van der Waals surface area contributed by atoms with Crippen molar-refractivity contribution in [3.63, 3.8) is 0 Å². The number of nitrogens with two attached hydrogens (primary N) is 1. The van der Waals surface area contributed by atoms with Gasteiger partial charge in [-0.15, -0.1) is 0 Å². The predicted octanol–water partition coefficient (Wildman–Crippen LogP) is -2.51. The first-order valence-corrected chi connectivity index (χ1v) is 3.57. The van der Waals surface area contributed by atoms with Crippen LogP contribution in [0.2, 0.25) is 0 Å². The number of rotatable bonds is 5. The summed E-state index contributed by atoms with van der Waals surface area (Å²) in [6, 6.07) is 0. The van der Waals surface area contributed by atoms with Crippen LogP contribution in [-0.4, -0.2) is 50.9 Å². The van der Waals surface area contributed by atoms with E-state index in [1.807, 2.05) is 0 Å². The van der Waals surface area contributed by atoms with Crippen LogP contribution >= 0.6 is 0 Å². The van der Waals surface area contributed by atoms with E-state index in [1.54, 1.807) is 0 Å². The Morgan fingerprint density at radius 2 is 1.62 bits per heavy atom. The van der Waals surface area contributed by atoms with Crippen molar-refractivity contribution < 1.29 is 25.5 Å². The molecule has 0 amide bonds. The quantitative estimate of drug-likeness (QED) is 0.146. The van der Waals surface area contributed by atoms with Gasteiger partial charge >= 0.3 is 0 Å². The Balaban J connectivity index is 4.40. The summed E-state index contributed by atoms with van der Waals surface area (Å²) in [5, 5.41) is 44.3. The SMILES string of the molecule is NNC[C@H](O)/C(O)=C(\O)[C@H](O)CO. The van der Waals surface area contributed by atoms with E-state index in [0.29, 0.717) is 0 Å². The molecular weight excluding hydrogens is 180 g/mol. The maximum atomic E-state index is 9.03. The fourth-order valence-electron chi connectivity index (χ4n) is 0.636. The predicted molar refractivity (Wildman–Crippen MR) is 43.6 cm³/mol. The molecule has 0 radical (unpaired) electrons. The van der Waals surface area contributed by atoms with Crippen LogP contribution in [0.25, 0.3) is 0 Å². The van der Waals surface area contributed by atoms with Gasteiger partial charge in [-0.1, -0.05) is 0 Å². The lowest BCUT2D eigenvalue weighted by Crippen LogP contribution is -2.34. The monoisotopic (exact) mass is 194 g/mol. The van der Waals surface area contributed by atoms with Crippen molar-refractivity contribution in [1.82, 2.24) is 5.43 Å². The molecule has 0 aromatic rings.